The van der Waals surface area contributed by atoms with Crippen molar-refractivity contribution in [1.82, 2.24) is 0 Å². The fourth-order valence-electron chi connectivity index (χ4n) is 2.07. The Morgan fingerprint density at radius 3 is 2.67 bits per heavy atom. The summed E-state index contributed by atoms with van der Waals surface area (Å²) in [7, 11) is 1.36. The van der Waals surface area contributed by atoms with Crippen LogP contribution in [0.5, 0.6) is 5.75 Å². The Kier molecular flexibility index (Phi) is 5.81. The number of esters is 1. The molecule has 1 aromatic heterocycles. The fourth-order valence-corrected chi connectivity index (χ4v) is 2.90. The summed E-state index contributed by atoms with van der Waals surface area (Å²) in [6.45, 7) is 4.29. The second-order valence-corrected chi connectivity index (χ2v) is 6.32. The second kappa shape index (κ2) is 7.83. The molecule has 0 unspecified atom stereocenters. The minimum Gasteiger partial charge on any atom is -0.490 e. The van der Waals surface area contributed by atoms with E-state index in [-0.39, 0.29) is 12.1 Å². The topological polar surface area (TPSA) is 90.6 Å². The standard InChI is InChI=1S/C17H20N2O4S/c1-10(2)23-14-7-12(4-5-13(14)16(18)20)19-8-11-6-15(24-9-11)17(21)22-3/h4-7,9-10,19H,8H2,1-3H3,(H2,18,20). The van der Waals surface area contributed by atoms with E-state index in [1.54, 1.807) is 24.3 Å². The Morgan fingerprint density at radius 1 is 1.29 bits per heavy atom. The van der Waals surface area contributed by atoms with Crippen molar-refractivity contribution in [2.24, 2.45) is 5.73 Å². The van der Waals surface area contributed by atoms with E-state index in [1.807, 2.05) is 19.2 Å². The highest BCUT2D eigenvalue weighted by Crippen LogP contribution is 2.25. The van der Waals surface area contributed by atoms with Gasteiger partial charge in [-0.25, -0.2) is 4.79 Å². The SMILES string of the molecule is COC(=O)c1cc(CNc2ccc(C(N)=O)c(OC(C)C)c2)cs1. The normalized spacial score (nSPS) is 10.5. The van der Waals surface area contributed by atoms with Gasteiger partial charge in [0.15, 0.2) is 0 Å². The lowest BCUT2D eigenvalue weighted by Crippen LogP contribution is -2.15. The number of hydrogen-bond donors (Lipinski definition) is 2. The molecule has 1 aromatic carbocycles. The molecule has 2 aromatic rings. The summed E-state index contributed by atoms with van der Waals surface area (Å²) in [5, 5.41) is 5.12. The molecular weight excluding hydrogens is 328 g/mol. The van der Waals surface area contributed by atoms with Crippen molar-refractivity contribution in [3.05, 3.63) is 45.6 Å². The van der Waals surface area contributed by atoms with E-state index < -0.39 is 5.91 Å². The van der Waals surface area contributed by atoms with Gasteiger partial charge in [0.2, 0.25) is 0 Å². The van der Waals surface area contributed by atoms with Crippen LogP contribution in [0, 0.1) is 0 Å². The van der Waals surface area contributed by atoms with Crippen LogP contribution < -0.4 is 15.8 Å². The highest BCUT2D eigenvalue weighted by molar-refractivity contribution is 7.12. The van der Waals surface area contributed by atoms with Crippen LogP contribution >= 0.6 is 11.3 Å². The van der Waals surface area contributed by atoms with Crippen LogP contribution in [0.4, 0.5) is 5.69 Å². The van der Waals surface area contributed by atoms with E-state index in [0.29, 0.717) is 22.7 Å². The lowest BCUT2D eigenvalue weighted by Gasteiger charge is -2.14. The highest BCUT2D eigenvalue weighted by Gasteiger charge is 2.12. The molecule has 0 atom stereocenters. The number of carbonyl (C=O) groups is 2. The summed E-state index contributed by atoms with van der Waals surface area (Å²) in [5.74, 6) is -0.425. The Morgan fingerprint density at radius 2 is 2.04 bits per heavy atom. The number of hydrogen-bond acceptors (Lipinski definition) is 6. The molecule has 0 bridgehead atoms. The van der Waals surface area contributed by atoms with Crippen molar-refractivity contribution in [3.63, 3.8) is 0 Å². The summed E-state index contributed by atoms with van der Waals surface area (Å²) in [6, 6.07) is 6.93. The molecule has 0 saturated heterocycles. The first-order valence-corrected chi connectivity index (χ1v) is 8.28. The molecule has 0 saturated carbocycles. The van der Waals surface area contributed by atoms with Gasteiger partial charge in [-0.3, -0.25) is 4.79 Å². The van der Waals surface area contributed by atoms with Crippen molar-refractivity contribution in [2.75, 3.05) is 12.4 Å². The van der Waals surface area contributed by atoms with E-state index in [4.69, 9.17) is 15.2 Å². The summed E-state index contributed by atoms with van der Waals surface area (Å²) >= 11 is 1.33. The van der Waals surface area contributed by atoms with Gasteiger partial charge in [-0.1, -0.05) is 0 Å². The Bertz CT molecular complexity index is 740. The molecule has 3 N–H and O–H groups in total. The molecule has 128 valence electrons. The maximum Gasteiger partial charge on any atom is 0.348 e. The number of ether oxygens (including phenoxy) is 2. The molecule has 2 rings (SSSR count). The summed E-state index contributed by atoms with van der Waals surface area (Å²) in [5.41, 5.74) is 7.47. The first-order chi connectivity index (χ1) is 11.4. The first-order valence-electron chi connectivity index (χ1n) is 7.40. The third kappa shape index (κ3) is 4.48. The fraction of sp³-hybridized carbons (Fsp3) is 0.294. The van der Waals surface area contributed by atoms with Gasteiger partial charge in [-0.15, -0.1) is 11.3 Å². The number of anilines is 1. The molecular formula is C17H20N2O4S. The minimum atomic E-state index is -0.530. The van der Waals surface area contributed by atoms with Crippen LogP contribution in [0.15, 0.2) is 29.6 Å². The van der Waals surface area contributed by atoms with E-state index >= 15 is 0 Å². The minimum absolute atomic E-state index is 0.0714. The molecule has 0 radical (unpaired) electrons. The van der Waals surface area contributed by atoms with E-state index in [1.165, 1.54) is 18.4 Å². The van der Waals surface area contributed by atoms with Crippen LogP contribution in [-0.2, 0) is 11.3 Å². The predicted octanol–water partition coefficient (Wildman–Crippen LogP) is 3.03. The number of primary amides is 1. The van der Waals surface area contributed by atoms with Gasteiger partial charge in [0, 0.05) is 18.3 Å². The summed E-state index contributed by atoms with van der Waals surface area (Å²) < 4.78 is 10.3. The van der Waals surface area contributed by atoms with Gasteiger partial charge in [0.05, 0.1) is 18.8 Å². The number of carbonyl (C=O) groups excluding carboxylic acids is 2. The van der Waals surface area contributed by atoms with Gasteiger partial charge < -0.3 is 20.5 Å². The van der Waals surface area contributed by atoms with Gasteiger partial charge in [-0.05, 0) is 43.0 Å². The molecule has 6 nitrogen and oxygen atoms in total. The smallest absolute Gasteiger partial charge is 0.348 e. The average molecular weight is 348 g/mol. The van der Waals surface area contributed by atoms with Crippen molar-refractivity contribution in [2.45, 2.75) is 26.5 Å². The third-order valence-electron chi connectivity index (χ3n) is 3.15. The number of nitrogens with two attached hydrogens (primary N) is 1. The van der Waals surface area contributed by atoms with Crippen LogP contribution in [0.2, 0.25) is 0 Å². The molecule has 1 amide bonds. The molecule has 1 heterocycles. The Labute approximate surface area is 144 Å². The molecule has 0 spiro atoms. The van der Waals surface area contributed by atoms with Gasteiger partial charge in [0.1, 0.15) is 10.6 Å². The van der Waals surface area contributed by atoms with E-state index in [9.17, 15) is 9.59 Å². The second-order valence-electron chi connectivity index (χ2n) is 5.41. The maximum absolute atomic E-state index is 11.5. The van der Waals surface area contributed by atoms with Crippen molar-refractivity contribution in [3.8, 4) is 5.75 Å². The van der Waals surface area contributed by atoms with Gasteiger partial charge in [0.25, 0.3) is 5.91 Å². The summed E-state index contributed by atoms with van der Waals surface area (Å²) in [6.07, 6.45) is -0.0714. The number of nitrogens with one attached hydrogen (secondary N) is 1. The molecule has 7 heteroatoms. The lowest BCUT2D eigenvalue weighted by molar-refractivity contribution is 0.0606. The Balaban J connectivity index is 2.10. The molecule has 0 fully saturated rings. The predicted molar refractivity (Wildman–Crippen MR) is 93.7 cm³/mol. The van der Waals surface area contributed by atoms with Gasteiger partial charge in [-0.2, -0.15) is 0 Å². The molecule has 0 aliphatic rings. The van der Waals surface area contributed by atoms with Crippen molar-refractivity contribution < 1.29 is 19.1 Å². The lowest BCUT2D eigenvalue weighted by atomic mass is 10.1. The van der Waals surface area contributed by atoms with Crippen LogP contribution in [0.25, 0.3) is 0 Å². The third-order valence-corrected chi connectivity index (χ3v) is 4.11. The zero-order valence-electron chi connectivity index (χ0n) is 13.8. The summed E-state index contributed by atoms with van der Waals surface area (Å²) in [4.78, 5) is 23.5. The highest BCUT2D eigenvalue weighted by atomic mass is 32.1. The van der Waals surface area contributed by atoms with E-state index in [0.717, 1.165) is 11.3 Å². The zero-order chi connectivity index (χ0) is 17.7. The van der Waals surface area contributed by atoms with Crippen LogP contribution in [0.1, 0.15) is 39.4 Å². The number of rotatable bonds is 7. The monoisotopic (exact) mass is 348 g/mol. The van der Waals surface area contributed by atoms with Crippen molar-refractivity contribution >= 4 is 28.9 Å². The zero-order valence-corrected chi connectivity index (χ0v) is 14.6. The molecule has 0 aliphatic heterocycles. The Hall–Kier alpha value is -2.54. The molecule has 24 heavy (non-hydrogen) atoms. The number of methoxy groups -OCH3 is 1. The molecule has 0 aliphatic carbocycles. The first kappa shape index (κ1) is 17.8. The quantitative estimate of drug-likeness (QED) is 0.751. The van der Waals surface area contributed by atoms with Crippen LogP contribution in [0.3, 0.4) is 0 Å². The number of amides is 1. The number of thiophene rings is 1. The maximum atomic E-state index is 11.5. The van der Waals surface area contributed by atoms with E-state index in [2.05, 4.69) is 5.32 Å². The van der Waals surface area contributed by atoms with Crippen molar-refractivity contribution in [1.29, 1.82) is 0 Å². The van der Waals surface area contributed by atoms with Crippen LogP contribution in [-0.4, -0.2) is 25.1 Å². The average Bonchev–Trinajstić information content (AvgIpc) is 3.00. The van der Waals surface area contributed by atoms with Gasteiger partial charge >= 0.3 is 5.97 Å². The number of benzene rings is 1. The largest absolute Gasteiger partial charge is 0.490 e.